The molecule has 0 radical (unpaired) electrons. The van der Waals surface area contributed by atoms with Crippen LogP contribution in [0.4, 0.5) is 0 Å². The van der Waals surface area contributed by atoms with Gasteiger partial charge in [0.05, 0.1) is 5.92 Å². The third-order valence-electron chi connectivity index (χ3n) is 3.39. The van der Waals surface area contributed by atoms with Gasteiger partial charge in [-0.05, 0) is 25.2 Å². The fourth-order valence-electron chi connectivity index (χ4n) is 2.12. The third-order valence-corrected chi connectivity index (χ3v) is 3.39. The molecule has 1 saturated heterocycles. The number of hydrogen-bond acceptors (Lipinski definition) is 2. The normalized spacial score (nSPS) is 24.7. The summed E-state index contributed by atoms with van der Waals surface area (Å²) in [6.07, 6.45) is 2.33. The Morgan fingerprint density at radius 2 is 2.00 bits per heavy atom. The zero-order valence-corrected chi connectivity index (χ0v) is 10.4. The van der Waals surface area contributed by atoms with Gasteiger partial charge in [-0.3, -0.25) is 4.79 Å². The van der Waals surface area contributed by atoms with Gasteiger partial charge in [0.15, 0.2) is 0 Å². The first-order valence-electron chi connectivity index (χ1n) is 5.88. The molecule has 2 N–H and O–H groups in total. The monoisotopic (exact) mass is 212 g/mol. The number of carbonyl (C=O) groups excluding carboxylic acids is 1. The van der Waals surface area contributed by atoms with Crippen molar-refractivity contribution in [1.82, 2.24) is 4.90 Å². The van der Waals surface area contributed by atoms with Crippen molar-refractivity contribution in [2.24, 2.45) is 17.1 Å². The smallest absolute Gasteiger partial charge is 0.226 e. The van der Waals surface area contributed by atoms with Gasteiger partial charge in [-0.2, -0.15) is 0 Å². The minimum Gasteiger partial charge on any atom is -0.342 e. The molecule has 1 aliphatic heterocycles. The van der Waals surface area contributed by atoms with Crippen LogP contribution < -0.4 is 5.73 Å². The molecular weight excluding hydrogens is 188 g/mol. The summed E-state index contributed by atoms with van der Waals surface area (Å²) in [5.41, 5.74) is 6.03. The highest BCUT2D eigenvalue weighted by molar-refractivity contribution is 5.79. The first-order chi connectivity index (χ1) is 6.83. The maximum atomic E-state index is 12.1. The van der Waals surface area contributed by atoms with Crippen molar-refractivity contribution in [2.75, 3.05) is 13.1 Å². The lowest BCUT2D eigenvalue weighted by molar-refractivity contribution is -0.138. The fourth-order valence-corrected chi connectivity index (χ4v) is 2.12. The fraction of sp³-hybridized carbons (Fsp3) is 0.917. The molecule has 88 valence electrons. The molecule has 0 aliphatic carbocycles. The molecule has 2 unspecified atom stereocenters. The predicted octanol–water partition coefficient (Wildman–Crippen LogP) is 1.62. The van der Waals surface area contributed by atoms with Gasteiger partial charge in [0, 0.05) is 19.1 Å². The van der Waals surface area contributed by atoms with E-state index in [4.69, 9.17) is 5.73 Å². The number of hydrogen-bond donors (Lipinski definition) is 1. The Morgan fingerprint density at radius 1 is 1.40 bits per heavy atom. The van der Waals surface area contributed by atoms with E-state index in [0.29, 0.717) is 0 Å². The summed E-state index contributed by atoms with van der Waals surface area (Å²) in [5.74, 6) is 0.164. The molecule has 3 heteroatoms. The Kier molecular flexibility index (Phi) is 3.77. The van der Waals surface area contributed by atoms with Crippen LogP contribution in [0, 0.1) is 11.3 Å². The number of nitrogens with two attached hydrogens (primary N) is 1. The minimum atomic E-state index is -0.0566. The van der Waals surface area contributed by atoms with Crippen LogP contribution >= 0.6 is 0 Å². The zero-order chi connectivity index (χ0) is 11.6. The lowest BCUT2D eigenvalue weighted by Gasteiger charge is -2.39. The molecular formula is C12H24N2O. The van der Waals surface area contributed by atoms with E-state index in [2.05, 4.69) is 13.8 Å². The summed E-state index contributed by atoms with van der Waals surface area (Å²) < 4.78 is 0. The predicted molar refractivity (Wildman–Crippen MR) is 62.4 cm³/mol. The van der Waals surface area contributed by atoms with Crippen LogP contribution in [0.5, 0.6) is 0 Å². The molecule has 0 spiro atoms. The Hall–Kier alpha value is -0.570. The molecule has 15 heavy (non-hydrogen) atoms. The topological polar surface area (TPSA) is 46.3 Å². The Labute approximate surface area is 93.0 Å². The van der Waals surface area contributed by atoms with Gasteiger partial charge in [0.2, 0.25) is 5.91 Å². The number of nitrogens with zero attached hydrogens (tertiary/aromatic N) is 1. The molecule has 0 saturated carbocycles. The second-order valence-electron chi connectivity index (χ2n) is 5.68. The highest BCUT2D eigenvalue weighted by Crippen LogP contribution is 2.29. The second kappa shape index (κ2) is 4.52. The summed E-state index contributed by atoms with van der Waals surface area (Å²) in [5, 5.41) is 0. The van der Waals surface area contributed by atoms with E-state index >= 15 is 0 Å². The van der Waals surface area contributed by atoms with Gasteiger partial charge in [0.25, 0.3) is 0 Å². The maximum absolute atomic E-state index is 12.1. The Morgan fingerprint density at radius 3 is 2.47 bits per heavy atom. The first kappa shape index (κ1) is 12.5. The molecule has 1 aliphatic rings. The highest BCUT2D eigenvalue weighted by atomic mass is 16.2. The van der Waals surface area contributed by atoms with E-state index in [-0.39, 0.29) is 23.3 Å². The van der Waals surface area contributed by atoms with Crippen molar-refractivity contribution in [3.05, 3.63) is 0 Å². The Balaban J connectivity index is 2.60. The van der Waals surface area contributed by atoms with E-state index in [1.165, 1.54) is 6.42 Å². The van der Waals surface area contributed by atoms with Crippen LogP contribution in [0.15, 0.2) is 0 Å². The van der Waals surface area contributed by atoms with Crippen molar-refractivity contribution in [2.45, 2.75) is 46.6 Å². The maximum Gasteiger partial charge on any atom is 0.226 e. The van der Waals surface area contributed by atoms with Crippen molar-refractivity contribution in [3.8, 4) is 0 Å². The summed E-state index contributed by atoms with van der Waals surface area (Å²) in [7, 11) is 0. The lowest BCUT2D eigenvalue weighted by atomic mass is 9.83. The van der Waals surface area contributed by atoms with Crippen molar-refractivity contribution < 1.29 is 4.79 Å². The molecule has 0 bridgehead atoms. The largest absolute Gasteiger partial charge is 0.342 e. The van der Waals surface area contributed by atoms with Gasteiger partial charge in [-0.15, -0.1) is 0 Å². The molecule has 2 atom stereocenters. The molecule has 0 aromatic heterocycles. The molecule has 0 aromatic rings. The first-order valence-corrected chi connectivity index (χ1v) is 5.88. The second-order valence-corrected chi connectivity index (χ2v) is 5.68. The van der Waals surface area contributed by atoms with Crippen LogP contribution in [-0.4, -0.2) is 29.9 Å². The van der Waals surface area contributed by atoms with Crippen LogP contribution in [0.1, 0.15) is 40.5 Å². The van der Waals surface area contributed by atoms with E-state index in [1.807, 2.05) is 18.7 Å². The summed E-state index contributed by atoms with van der Waals surface area (Å²) in [6.45, 7) is 10.1. The number of carbonyl (C=O) groups is 1. The van der Waals surface area contributed by atoms with Crippen molar-refractivity contribution >= 4 is 5.91 Å². The van der Waals surface area contributed by atoms with Crippen molar-refractivity contribution in [1.29, 1.82) is 0 Å². The van der Waals surface area contributed by atoms with Gasteiger partial charge in [0.1, 0.15) is 0 Å². The summed E-state index contributed by atoms with van der Waals surface area (Å²) in [4.78, 5) is 14.1. The lowest BCUT2D eigenvalue weighted by Crippen LogP contribution is -2.48. The number of likely N-dealkylation sites (tertiary alicyclic amines) is 1. The summed E-state index contributed by atoms with van der Waals surface area (Å²) in [6, 6.07) is -0.0532. The van der Waals surface area contributed by atoms with Crippen LogP contribution in [0.2, 0.25) is 0 Å². The van der Waals surface area contributed by atoms with Crippen molar-refractivity contribution in [3.63, 3.8) is 0 Å². The quantitative estimate of drug-likeness (QED) is 0.756. The van der Waals surface area contributed by atoms with Gasteiger partial charge in [-0.25, -0.2) is 0 Å². The SMILES string of the molecule is CC(N)C(C)C(=O)N1CCCC(C)(C)C1. The van der Waals surface area contributed by atoms with Crippen LogP contribution in [0.3, 0.4) is 0 Å². The van der Waals surface area contributed by atoms with Crippen LogP contribution in [-0.2, 0) is 4.79 Å². The zero-order valence-electron chi connectivity index (χ0n) is 10.4. The van der Waals surface area contributed by atoms with E-state index in [9.17, 15) is 4.79 Å². The summed E-state index contributed by atoms with van der Waals surface area (Å²) >= 11 is 0. The highest BCUT2D eigenvalue weighted by Gasteiger charge is 2.31. The van der Waals surface area contributed by atoms with E-state index < -0.39 is 0 Å². The van der Waals surface area contributed by atoms with E-state index in [0.717, 1.165) is 19.5 Å². The van der Waals surface area contributed by atoms with E-state index in [1.54, 1.807) is 0 Å². The number of piperidine rings is 1. The van der Waals surface area contributed by atoms with Gasteiger partial charge >= 0.3 is 0 Å². The molecule has 1 rings (SSSR count). The Bertz CT molecular complexity index is 236. The molecule has 0 aromatic carbocycles. The van der Waals surface area contributed by atoms with Gasteiger partial charge in [-0.1, -0.05) is 20.8 Å². The standard InChI is InChI=1S/C12H24N2O/c1-9(10(2)13)11(15)14-7-5-6-12(3,4)8-14/h9-10H,5-8,13H2,1-4H3. The number of amides is 1. The van der Waals surface area contributed by atoms with Crippen LogP contribution in [0.25, 0.3) is 0 Å². The molecule has 1 fully saturated rings. The average molecular weight is 212 g/mol. The third kappa shape index (κ3) is 3.20. The average Bonchev–Trinajstić information content (AvgIpc) is 2.13. The molecule has 3 nitrogen and oxygen atoms in total. The molecule has 1 heterocycles. The molecule has 1 amide bonds. The van der Waals surface area contributed by atoms with Gasteiger partial charge < -0.3 is 10.6 Å². The minimum absolute atomic E-state index is 0.0532. The number of rotatable bonds is 2.